The maximum atomic E-state index is 2.45. The summed E-state index contributed by atoms with van der Waals surface area (Å²) in [6.45, 7) is 21.9. The van der Waals surface area contributed by atoms with Gasteiger partial charge >= 0.3 is 0 Å². The molecule has 0 aromatic heterocycles. The molecular formula is C20H46. The van der Waals surface area contributed by atoms with Crippen LogP contribution in [0.4, 0.5) is 0 Å². The molecule has 0 radical (unpaired) electrons. The predicted octanol–water partition coefficient (Wildman–Crippen LogP) is 8.11. The molecule has 0 nitrogen and oxygen atoms in total. The second-order valence-electron chi connectivity index (χ2n) is 6.30. The van der Waals surface area contributed by atoms with Gasteiger partial charge in [-0.15, -0.1) is 0 Å². The van der Waals surface area contributed by atoms with E-state index in [4.69, 9.17) is 0 Å². The molecular weight excluding hydrogens is 240 g/mol. The first-order valence-electron chi connectivity index (χ1n) is 9.50. The summed E-state index contributed by atoms with van der Waals surface area (Å²) in [4.78, 5) is 0. The third-order valence-corrected chi connectivity index (χ3v) is 3.96. The van der Waals surface area contributed by atoms with Gasteiger partial charge in [0, 0.05) is 0 Å². The van der Waals surface area contributed by atoms with Crippen molar-refractivity contribution in [2.24, 2.45) is 17.3 Å². The van der Waals surface area contributed by atoms with E-state index in [0.29, 0.717) is 5.41 Å². The fraction of sp³-hybridized carbons (Fsp3) is 1.00. The molecule has 1 aliphatic carbocycles. The van der Waals surface area contributed by atoms with Crippen molar-refractivity contribution in [2.75, 3.05) is 0 Å². The van der Waals surface area contributed by atoms with Crippen molar-refractivity contribution in [3.05, 3.63) is 0 Å². The van der Waals surface area contributed by atoms with E-state index < -0.39 is 0 Å². The zero-order valence-electron chi connectivity index (χ0n) is 16.6. The van der Waals surface area contributed by atoms with Crippen LogP contribution in [0.25, 0.3) is 0 Å². The molecule has 1 rings (SSSR count). The van der Waals surface area contributed by atoms with Gasteiger partial charge in [-0.2, -0.15) is 0 Å². The van der Waals surface area contributed by atoms with Crippen molar-refractivity contribution in [3.8, 4) is 0 Å². The first kappa shape index (κ1) is 25.0. The van der Waals surface area contributed by atoms with E-state index in [2.05, 4.69) is 41.5 Å². The maximum absolute atomic E-state index is 2.45. The van der Waals surface area contributed by atoms with Gasteiger partial charge in [0.25, 0.3) is 0 Å². The summed E-state index contributed by atoms with van der Waals surface area (Å²) in [5, 5.41) is 0. The van der Waals surface area contributed by atoms with Gasteiger partial charge in [0.2, 0.25) is 0 Å². The summed E-state index contributed by atoms with van der Waals surface area (Å²) in [5.41, 5.74) is 0.616. The molecule has 1 aliphatic rings. The first-order valence-corrected chi connectivity index (χ1v) is 9.50. The van der Waals surface area contributed by atoms with E-state index in [1.807, 2.05) is 27.7 Å². The molecule has 0 aromatic rings. The summed E-state index contributed by atoms with van der Waals surface area (Å²) in [7, 11) is 0. The SMILES string of the molecule is CC.CC.CCC.CCC1CCCC(C)(C)CC1CC. The van der Waals surface area contributed by atoms with Crippen LogP contribution in [-0.2, 0) is 0 Å². The lowest BCUT2D eigenvalue weighted by atomic mass is 9.77. The van der Waals surface area contributed by atoms with Crippen LogP contribution < -0.4 is 0 Å². The van der Waals surface area contributed by atoms with Crippen molar-refractivity contribution >= 4 is 0 Å². The minimum absolute atomic E-state index is 0.616. The Hall–Kier alpha value is 0. The average Bonchev–Trinajstić information content (AvgIpc) is 2.61. The van der Waals surface area contributed by atoms with Crippen LogP contribution >= 0.6 is 0 Å². The Bertz CT molecular complexity index is 157. The summed E-state index contributed by atoms with van der Waals surface area (Å²) >= 11 is 0. The van der Waals surface area contributed by atoms with Crippen LogP contribution in [0, 0.1) is 17.3 Å². The summed E-state index contributed by atoms with van der Waals surface area (Å²) in [5.74, 6) is 2.02. The predicted molar refractivity (Wildman–Crippen MR) is 98.5 cm³/mol. The highest BCUT2D eigenvalue weighted by Gasteiger charge is 2.30. The standard InChI is InChI=1S/C13H26.C3H8.2C2H6/c1-5-11-8-7-9-13(3,4)10-12(11)6-2;1-3-2;2*1-2/h11-12H,5-10H2,1-4H3;3H2,1-2H3;2*1-2H3. The van der Waals surface area contributed by atoms with E-state index in [1.54, 1.807) is 0 Å². The van der Waals surface area contributed by atoms with E-state index in [1.165, 1.54) is 44.9 Å². The Morgan fingerprint density at radius 3 is 1.55 bits per heavy atom. The second kappa shape index (κ2) is 17.1. The third kappa shape index (κ3) is 13.0. The highest BCUT2D eigenvalue weighted by Crippen LogP contribution is 2.42. The molecule has 2 atom stereocenters. The Morgan fingerprint density at radius 1 is 0.800 bits per heavy atom. The molecule has 0 aromatic carbocycles. The van der Waals surface area contributed by atoms with E-state index >= 15 is 0 Å². The fourth-order valence-electron chi connectivity index (χ4n) is 3.07. The molecule has 1 fully saturated rings. The highest BCUT2D eigenvalue weighted by molar-refractivity contribution is 4.81. The molecule has 0 bridgehead atoms. The molecule has 0 heteroatoms. The van der Waals surface area contributed by atoms with Gasteiger partial charge in [-0.05, 0) is 30.1 Å². The van der Waals surface area contributed by atoms with Crippen LogP contribution in [0.2, 0.25) is 0 Å². The Morgan fingerprint density at radius 2 is 1.20 bits per heavy atom. The maximum Gasteiger partial charge on any atom is -0.0351 e. The lowest BCUT2D eigenvalue weighted by Gasteiger charge is -2.29. The highest BCUT2D eigenvalue weighted by atomic mass is 14.4. The smallest absolute Gasteiger partial charge is 0.0351 e. The van der Waals surface area contributed by atoms with E-state index in [-0.39, 0.29) is 0 Å². The fourth-order valence-corrected chi connectivity index (χ4v) is 3.07. The Labute approximate surface area is 132 Å². The summed E-state index contributed by atoms with van der Waals surface area (Å²) in [6, 6.07) is 0. The van der Waals surface area contributed by atoms with Crippen LogP contribution in [0.1, 0.15) is 114 Å². The summed E-state index contributed by atoms with van der Waals surface area (Å²) < 4.78 is 0. The molecule has 126 valence electrons. The number of hydrogen-bond donors (Lipinski definition) is 0. The molecule has 0 heterocycles. The largest absolute Gasteiger partial charge is 0.0683 e. The molecule has 1 saturated carbocycles. The lowest BCUT2D eigenvalue weighted by molar-refractivity contribution is 0.222. The van der Waals surface area contributed by atoms with Crippen LogP contribution in [0.15, 0.2) is 0 Å². The topological polar surface area (TPSA) is 0 Å². The zero-order chi connectivity index (χ0) is 16.6. The minimum atomic E-state index is 0.616. The van der Waals surface area contributed by atoms with Crippen LogP contribution in [0.5, 0.6) is 0 Å². The summed E-state index contributed by atoms with van der Waals surface area (Å²) in [6.07, 6.45) is 9.89. The quantitative estimate of drug-likeness (QED) is 0.450. The molecule has 0 saturated heterocycles. The first-order chi connectivity index (χ1) is 9.50. The lowest BCUT2D eigenvalue weighted by Crippen LogP contribution is -2.18. The monoisotopic (exact) mass is 286 g/mol. The van der Waals surface area contributed by atoms with Gasteiger partial charge in [-0.25, -0.2) is 0 Å². The number of rotatable bonds is 2. The average molecular weight is 287 g/mol. The molecule has 0 aliphatic heterocycles. The van der Waals surface area contributed by atoms with Crippen LogP contribution in [0.3, 0.4) is 0 Å². The Kier molecular flexibility index (Phi) is 21.3. The van der Waals surface area contributed by atoms with E-state index in [9.17, 15) is 0 Å². The molecule has 20 heavy (non-hydrogen) atoms. The van der Waals surface area contributed by atoms with Crippen molar-refractivity contribution in [1.29, 1.82) is 0 Å². The van der Waals surface area contributed by atoms with Crippen molar-refractivity contribution in [3.63, 3.8) is 0 Å². The minimum Gasteiger partial charge on any atom is -0.0683 e. The molecule has 0 amide bonds. The Balaban J connectivity index is -0.000000355. The van der Waals surface area contributed by atoms with Gasteiger partial charge in [0.1, 0.15) is 0 Å². The van der Waals surface area contributed by atoms with Gasteiger partial charge in [0.15, 0.2) is 0 Å². The molecule has 0 spiro atoms. The molecule has 0 N–H and O–H groups in total. The second-order valence-corrected chi connectivity index (χ2v) is 6.30. The molecule has 2 unspecified atom stereocenters. The van der Waals surface area contributed by atoms with Crippen molar-refractivity contribution < 1.29 is 0 Å². The van der Waals surface area contributed by atoms with Gasteiger partial charge in [0.05, 0.1) is 0 Å². The zero-order valence-corrected chi connectivity index (χ0v) is 16.6. The van der Waals surface area contributed by atoms with Gasteiger partial charge < -0.3 is 0 Å². The van der Waals surface area contributed by atoms with E-state index in [0.717, 1.165) is 11.8 Å². The van der Waals surface area contributed by atoms with Gasteiger partial charge in [-0.3, -0.25) is 0 Å². The van der Waals surface area contributed by atoms with Gasteiger partial charge in [-0.1, -0.05) is 101 Å². The van der Waals surface area contributed by atoms with Crippen LogP contribution in [-0.4, -0.2) is 0 Å². The van der Waals surface area contributed by atoms with Crippen molar-refractivity contribution in [1.82, 2.24) is 0 Å². The van der Waals surface area contributed by atoms with Crippen molar-refractivity contribution in [2.45, 2.75) is 114 Å². The third-order valence-electron chi connectivity index (χ3n) is 3.96. The number of hydrogen-bond acceptors (Lipinski definition) is 0. The normalized spacial score (nSPS) is 23.7.